The molecule has 0 bridgehead atoms. The summed E-state index contributed by atoms with van der Waals surface area (Å²) in [6.45, 7) is 0.596. The fourth-order valence-electron chi connectivity index (χ4n) is 1.78. The molecule has 2 aromatic carbocycles. The zero-order valence-corrected chi connectivity index (χ0v) is 9.71. The van der Waals surface area contributed by atoms with Crippen LogP contribution in [-0.2, 0) is 0 Å². The van der Waals surface area contributed by atoms with Crippen LogP contribution in [0.4, 0.5) is 0 Å². The van der Waals surface area contributed by atoms with Crippen LogP contribution in [-0.4, -0.2) is 19.0 Å². The van der Waals surface area contributed by atoms with Crippen molar-refractivity contribution in [1.29, 1.82) is 0 Å². The molecule has 0 aromatic heterocycles. The summed E-state index contributed by atoms with van der Waals surface area (Å²) in [6, 6.07) is 13.3. The predicted octanol–water partition coefficient (Wildman–Crippen LogP) is 2.88. The van der Waals surface area contributed by atoms with Gasteiger partial charge in [-0.2, -0.15) is 0 Å². The molecule has 5 heteroatoms. The standard InChI is InChI=1S/C13H12N4O/c14-17-16-9-8-15-13(18)12-7-3-5-10-4-1-2-6-11(10)12/h1-7H,8-9H2,(H,15,18). The van der Waals surface area contributed by atoms with Crippen LogP contribution in [0.1, 0.15) is 10.4 Å². The number of hydrogen-bond acceptors (Lipinski definition) is 2. The number of amides is 1. The first-order valence-corrected chi connectivity index (χ1v) is 5.60. The van der Waals surface area contributed by atoms with Crippen LogP contribution in [0.2, 0.25) is 0 Å². The second-order valence-electron chi connectivity index (χ2n) is 3.74. The first-order valence-electron chi connectivity index (χ1n) is 5.60. The molecular formula is C13H12N4O. The molecule has 0 aliphatic heterocycles. The van der Waals surface area contributed by atoms with Gasteiger partial charge in [0.25, 0.3) is 5.91 Å². The predicted molar refractivity (Wildman–Crippen MR) is 70.3 cm³/mol. The lowest BCUT2D eigenvalue weighted by Crippen LogP contribution is -2.26. The summed E-state index contributed by atoms with van der Waals surface area (Å²) in [5.74, 6) is -0.153. The molecule has 0 spiro atoms. The van der Waals surface area contributed by atoms with E-state index in [-0.39, 0.29) is 12.5 Å². The molecular weight excluding hydrogens is 228 g/mol. The Labute approximate surface area is 104 Å². The summed E-state index contributed by atoms with van der Waals surface area (Å²) in [5, 5.41) is 8.03. The average molecular weight is 240 g/mol. The van der Waals surface area contributed by atoms with Gasteiger partial charge >= 0.3 is 0 Å². The Bertz CT molecular complexity index is 612. The molecule has 0 unspecified atom stereocenters. The van der Waals surface area contributed by atoms with Crippen LogP contribution in [0.25, 0.3) is 21.2 Å². The normalized spacial score (nSPS) is 9.78. The van der Waals surface area contributed by atoms with E-state index in [1.165, 1.54) is 0 Å². The summed E-state index contributed by atoms with van der Waals surface area (Å²) < 4.78 is 0. The minimum atomic E-state index is -0.153. The number of azide groups is 1. The Morgan fingerprint density at radius 3 is 2.83 bits per heavy atom. The first kappa shape index (κ1) is 12.0. The average Bonchev–Trinajstić information content (AvgIpc) is 2.43. The van der Waals surface area contributed by atoms with Crippen molar-refractivity contribution in [2.45, 2.75) is 0 Å². The van der Waals surface area contributed by atoms with Crippen LogP contribution in [0, 0.1) is 0 Å². The third-order valence-electron chi connectivity index (χ3n) is 2.59. The molecule has 18 heavy (non-hydrogen) atoms. The third kappa shape index (κ3) is 2.59. The maximum Gasteiger partial charge on any atom is 0.251 e. The molecule has 2 rings (SSSR count). The quantitative estimate of drug-likeness (QED) is 0.379. The van der Waals surface area contributed by atoms with Gasteiger partial charge in [0.15, 0.2) is 0 Å². The van der Waals surface area contributed by atoms with Gasteiger partial charge in [-0.15, -0.1) is 0 Å². The smallest absolute Gasteiger partial charge is 0.251 e. The molecule has 0 saturated carbocycles. The highest BCUT2D eigenvalue weighted by Crippen LogP contribution is 2.18. The minimum absolute atomic E-state index is 0.153. The van der Waals surface area contributed by atoms with Gasteiger partial charge in [0.2, 0.25) is 0 Å². The van der Waals surface area contributed by atoms with Crippen molar-refractivity contribution >= 4 is 16.7 Å². The number of carbonyl (C=O) groups excluding carboxylic acids is 1. The molecule has 0 fully saturated rings. The first-order chi connectivity index (χ1) is 8.83. The molecule has 2 aromatic rings. The van der Waals surface area contributed by atoms with Gasteiger partial charge in [-0.25, -0.2) is 0 Å². The van der Waals surface area contributed by atoms with Gasteiger partial charge in [-0.3, -0.25) is 4.79 Å². The van der Waals surface area contributed by atoms with Gasteiger partial charge in [-0.1, -0.05) is 41.5 Å². The Kier molecular flexibility index (Phi) is 3.79. The molecule has 90 valence electrons. The Morgan fingerprint density at radius 1 is 1.22 bits per heavy atom. The van der Waals surface area contributed by atoms with Crippen LogP contribution in [0.15, 0.2) is 47.6 Å². The van der Waals surface area contributed by atoms with E-state index in [4.69, 9.17) is 5.53 Å². The van der Waals surface area contributed by atoms with E-state index in [0.29, 0.717) is 12.1 Å². The molecule has 0 aliphatic carbocycles. The van der Waals surface area contributed by atoms with Crippen molar-refractivity contribution in [1.82, 2.24) is 5.32 Å². The van der Waals surface area contributed by atoms with Crippen LogP contribution >= 0.6 is 0 Å². The van der Waals surface area contributed by atoms with Crippen LogP contribution in [0.3, 0.4) is 0 Å². The Morgan fingerprint density at radius 2 is 2.00 bits per heavy atom. The minimum Gasteiger partial charge on any atom is -0.352 e. The van der Waals surface area contributed by atoms with Crippen molar-refractivity contribution in [2.24, 2.45) is 5.11 Å². The van der Waals surface area contributed by atoms with Gasteiger partial charge in [0.05, 0.1) is 0 Å². The monoisotopic (exact) mass is 240 g/mol. The lowest BCUT2D eigenvalue weighted by molar-refractivity contribution is 0.0956. The number of nitrogens with one attached hydrogen (secondary N) is 1. The summed E-state index contributed by atoms with van der Waals surface area (Å²) in [7, 11) is 0. The third-order valence-corrected chi connectivity index (χ3v) is 2.59. The molecule has 0 aliphatic rings. The largest absolute Gasteiger partial charge is 0.352 e. The zero-order chi connectivity index (χ0) is 12.8. The maximum atomic E-state index is 12.0. The van der Waals surface area contributed by atoms with Crippen molar-refractivity contribution in [3.63, 3.8) is 0 Å². The van der Waals surface area contributed by atoms with Crippen molar-refractivity contribution in [2.75, 3.05) is 13.1 Å². The highest BCUT2D eigenvalue weighted by Gasteiger charge is 2.08. The van der Waals surface area contributed by atoms with Crippen LogP contribution < -0.4 is 5.32 Å². The lowest BCUT2D eigenvalue weighted by Gasteiger charge is -2.06. The van der Waals surface area contributed by atoms with E-state index in [2.05, 4.69) is 15.3 Å². The van der Waals surface area contributed by atoms with E-state index < -0.39 is 0 Å². The number of benzene rings is 2. The zero-order valence-electron chi connectivity index (χ0n) is 9.71. The fourth-order valence-corrected chi connectivity index (χ4v) is 1.78. The molecule has 5 nitrogen and oxygen atoms in total. The molecule has 0 saturated heterocycles. The van der Waals surface area contributed by atoms with E-state index in [1.807, 2.05) is 36.4 Å². The summed E-state index contributed by atoms with van der Waals surface area (Å²) in [5.41, 5.74) is 8.77. The number of nitrogens with zero attached hydrogens (tertiary/aromatic N) is 3. The topological polar surface area (TPSA) is 77.9 Å². The lowest BCUT2D eigenvalue weighted by atomic mass is 10.0. The van der Waals surface area contributed by atoms with E-state index in [9.17, 15) is 4.79 Å². The Balaban J connectivity index is 2.20. The highest BCUT2D eigenvalue weighted by molar-refractivity contribution is 6.06. The SMILES string of the molecule is [N-]=[N+]=NCCNC(=O)c1cccc2ccccc12. The molecule has 0 heterocycles. The molecule has 0 atom stereocenters. The van der Waals surface area contributed by atoms with Crippen molar-refractivity contribution in [3.8, 4) is 0 Å². The van der Waals surface area contributed by atoms with Gasteiger partial charge in [0, 0.05) is 23.6 Å². The summed E-state index contributed by atoms with van der Waals surface area (Å²) in [6.07, 6.45) is 0. The summed E-state index contributed by atoms with van der Waals surface area (Å²) in [4.78, 5) is 14.6. The molecule has 1 N–H and O–H groups in total. The van der Waals surface area contributed by atoms with Crippen molar-refractivity contribution < 1.29 is 4.79 Å². The number of fused-ring (bicyclic) bond motifs is 1. The number of hydrogen-bond donors (Lipinski definition) is 1. The molecule has 1 amide bonds. The van der Waals surface area contributed by atoms with Crippen molar-refractivity contribution in [3.05, 3.63) is 58.5 Å². The number of rotatable bonds is 4. The van der Waals surface area contributed by atoms with Gasteiger partial charge in [-0.05, 0) is 22.4 Å². The van der Waals surface area contributed by atoms with Gasteiger partial charge < -0.3 is 5.32 Å². The maximum absolute atomic E-state index is 12.0. The Hall–Kier alpha value is -2.52. The van der Waals surface area contributed by atoms with E-state index in [0.717, 1.165) is 10.8 Å². The fraction of sp³-hybridized carbons (Fsp3) is 0.154. The van der Waals surface area contributed by atoms with Gasteiger partial charge in [0.1, 0.15) is 0 Å². The highest BCUT2D eigenvalue weighted by atomic mass is 16.1. The summed E-state index contributed by atoms with van der Waals surface area (Å²) >= 11 is 0. The number of carbonyl (C=O) groups is 1. The second-order valence-corrected chi connectivity index (χ2v) is 3.74. The van der Waals surface area contributed by atoms with Crippen LogP contribution in [0.5, 0.6) is 0 Å². The van der Waals surface area contributed by atoms with E-state index >= 15 is 0 Å². The van der Waals surface area contributed by atoms with E-state index in [1.54, 1.807) is 6.07 Å². The molecule has 0 radical (unpaired) electrons. The second kappa shape index (κ2) is 5.70.